The van der Waals surface area contributed by atoms with Crippen molar-refractivity contribution in [3.05, 3.63) is 57.6 Å². The van der Waals surface area contributed by atoms with E-state index in [0.717, 1.165) is 4.90 Å². The molecule has 1 heterocycles. The number of carbonyl (C=O) groups is 2. The Balaban J connectivity index is 2.14. The van der Waals surface area contributed by atoms with Crippen LogP contribution in [0.25, 0.3) is 0 Å². The molecule has 0 unspecified atom stereocenters. The van der Waals surface area contributed by atoms with Crippen LogP contribution >= 0.6 is 23.2 Å². The van der Waals surface area contributed by atoms with Gasteiger partial charge in [0.25, 0.3) is 11.8 Å². The highest BCUT2D eigenvalue weighted by atomic mass is 35.5. The lowest BCUT2D eigenvalue weighted by atomic mass is 10.1. The fourth-order valence-electron chi connectivity index (χ4n) is 2.14. The first-order valence-corrected chi connectivity index (χ1v) is 6.48. The molecule has 20 heavy (non-hydrogen) atoms. The molecule has 1 aliphatic heterocycles. The molecular weight excluding hydrogens is 299 g/mol. The molecule has 0 radical (unpaired) electrons. The van der Waals surface area contributed by atoms with E-state index in [2.05, 4.69) is 0 Å². The van der Waals surface area contributed by atoms with E-state index in [1.54, 1.807) is 12.1 Å². The van der Waals surface area contributed by atoms with Crippen molar-refractivity contribution in [1.29, 1.82) is 0 Å². The minimum atomic E-state index is -0.443. The van der Waals surface area contributed by atoms with Crippen molar-refractivity contribution in [2.24, 2.45) is 0 Å². The minimum absolute atomic E-state index is 0.236. The fraction of sp³-hybridized carbons (Fsp3) is 0. The molecule has 0 aromatic heterocycles. The highest BCUT2D eigenvalue weighted by Crippen LogP contribution is 2.35. The van der Waals surface area contributed by atoms with E-state index in [1.807, 2.05) is 0 Å². The average molecular weight is 307 g/mol. The van der Waals surface area contributed by atoms with E-state index in [1.165, 1.54) is 24.3 Å². The van der Waals surface area contributed by atoms with Gasteiger partial charge in [0, 0.05) is 10.7 Å². The molecule has 0 atom stereocenters. The molecule has 0 saturated carbocycles. The maximum Gasteiger partial charge on any atom is 0.266 e. The second-order valence-electron chi connectivity index (χ2n) is 4.35. The van der Waals surface area contributed by atoms with Crippen LogP contribution in [-0.2, 0) is 0 Å². The molecule has 2 aromatic rings. The number of hydrogen-bond donors (Lipinski definition) is 1. The Morgan fingerprint density at radius 3 is 2.30 bits per heavy atom. The molecular formula is C14H8Cl2N2O2. The molecule has 0 fully saturated rings. The van der Waals surface area contributed by atoms with E-state index in [0.29, 0.717) is 22.0 Å². The van der Waals surface area contributed by atoms with Gasteiger partial charge in [0.15, 0.2) is 0 Å². The molecule has 0 aliphatic carbocycles. The first-order valence-electron chi connectivity index (χ1n) is 5.72. The van der Waals surface area contributed by atoms with Crippen LogP contribution in [0.2, 0.25) is 10.0 Å². The number of fused-ring (bicyclic) bond motifs is 1. The summed E-state index contributed by atoms with van der Waals surface area (Å²) in [6, 6.07) is 9.19. The normalized spacial score (nSPS) is 13.8. The summed E-state index contributed by atoms with van der Waals surface area (Å²) in [6.45, 7) is 0. The molecule has 4 nitrogen and oxygen atoms in total. The summed E-state index contributed by atoms with van der Waals surface area (Å²) in [5, 5.41) is 0.666. The molecule has 0 saturated heterocycles. The minimum Gasteiger partial charge on any atom is -0.399 e. The van der Waals surface area contributed by atoms with Crippen molar-refractivity contribution in [1.82, 2.24) is 0 Å². The number of amides is 2. The molecule has 2 aromatic carbocycles. The zero-order valence-corrected chi connectivity index (χ0v) is 11.6. The summed E-state index contributed by atoms with van der Waals surface area (Å²) in [5.41, 5.74) is 6.97. The zero-order valence-electron chi connectivity index (χ0n) is 10.1. The van der Waals surface area contributed by atoms with Crippen molar-refractivity contribution in [2.75, 3.05) is 10.6 Å². The third-order valence-corrected chi connectivity index (χ3v) is 3.60. The molecule has 0 bridgehead atoms. The van der Waals surface area contributed by atoms with Crippen molar-refractivity contribution in [3.8, 4) is 0 Å². The number of imide groups is 1. The van der Waals surface area contributed by atoms with Gasteiger partial charge in [-0.3, -0.25) is 9.59 Å². The highest BCUT2D eigenvalue weighted by molar-refractivity contribution is 6.41. The monoisotopic (exact) mass is 306 g/mol. The summed E-state index contributed by atoms with van der Waals surface area (Å²) in [7, 11) is 0. The van der Waals surface area contributed by atoms with Crippen LogP contribution in [0.4, 0.5) is 11.4 Å². The van der Waals surface area contributed by atoms with Crippen molar-refractivity contribution >= 4 is 46.4 Å². The van der Waals surface area contributed by atoms with Gasteiger partial charge in [0.1, 0.15) is 0 Å². The summed E-state index contributed by atoms with van der Waals surface area (Å²) < 4.78 is 0. The third-order valence-electron chi connectivity index (χ3n) is 3.06. The SMILES string of the molecule is Nc1ccc2c(c1)C(=O)N(c1ccc(Cl)cc1Cl)C2=O. The first-order chi connectivity index (χ1) is 9.49. The van der Waals surface area contributed by atoms with Gasteiger partial charge in [-0.15, -0.1) is 0 Å². The third kappa shape index (κ3) is 1.85. The summed E-state index contributed by atoms with van der Waals surface area (Å²) in [4.78, 5) is 25.7. The van der Waals surface area contributed by atoms with Crippen LogP contribution < -0.4 is 10.6 Å². The number of nitrogens with two attached hydrogens (primary N) is 1. The van der Waals surface area contributed by atoms with Gasteiger partial charge in [-0.2, -0.15) is 0 Å². The van der Waals surface area contributed by atoms with Gasteiger partial charge < -0.3 is 5.73 Å². The molecule has 0 spiro atoms. The number of nitrogens with zero attached hydrogens (tertiary/aromatic N) is 1. The van der Waals surface area contributed by atoms with E-state index in [9.17, 15) is 9.59 Å². The predicted octanol–water partition coefficient (Wildman–Crippen LogP) is 3.38. The van der Waals surface area contributed by atoms with Gasteiger partial charge in [-0.1, -0.05) is 23.2 Å². The highest BCUT2D eigenvalue weighted by Gasteiger charge is 2.37. The number of rotatable bonds is 1. The Hall–Kier alpha value is -2.04. The maximum atomic E-state index is 12.4. The fourth-order valence-corrected chi connectivity index (χ4v) is 2.63. The van der Waals surface area contributed by atoms with Crippen LogP contribution in [0.1, 0.15) is 20.7 Å². The van der Waals surface area contributed by atoms with Gasteiger partial charge in [0.05, 0.1) is 21.8 Å². The lowest BCUT2D eigenvalue weighted by molar-refractivity contribution is 0.0926. The largest absolute Gasteiger partial charge is 0.399 e. The van der Waals surface area contributed by atoms with E-state index in [-0.39, 0.29) is 10.6 Å². The molecule has 2 N–H and O–H groups in total. The predicted molar refractivity (Wildman–Crippen MR) is 78.5 cm³/mol. The van der Waals surface area contributed by atoms with Crippen LogP contribution in [-0.4, -0.2) is 11.8 Å². The van der Waals surface area contributed by atoms with Crippen molar-refractivity contribution in [3.63, 3.8) is 0 Å². The van der Waals surface area contributed by atoms with Crippen LogP contribution in [0.15, 0.2) is 36.4 Å². The average Bonchev–Trinajstić information content (AvgIpc) is 2.63. The number of benzene rings is 2. The summed E-state index contributed by atoms with van der Waals surface area (Å²) in [6.07, 6.45) is 0. The lowest BCUT2D eigenvalue weighted by Crippen LogP contribution is -2.29. The maximum absolute atomic E-state index is 12.4. The Kier molecular flexibility index (Phi) is 2.92. The zero-order chi connectivity index (χ0) is 14.4. The van der Waals surface area contributed by atoms with E-state index < -0.39 is 11.8 Å². The summed E-state index contributed by atoms with van der Waals surface area (Å²) >= 11 is 11.9. The van der Waals surface area contributed by atoms with Gasteiger partial charge >= 0.3 is 0 Å². The van der Waals surface area contributed by atoms with Crippen molar-refractivity contribution in [2.45, 2.75) is 0 Å². The quantitative estimate of drug-likeness (QED) is 0.649. The van der Waals surface area contributed by atoms with Gasteiger partial charge in [-0.05, 0) is 36.4 Å². The number of hydrogen-bond acceptors (Lipinski definition) is 3. The number of carbonyl (C=O) groups excluding carboxylic acids is 2. The molecule has 3 rings (SSSR count). The Morgan fingerprint density at radius 2 is 1.60 bits per heavy atom. The first kappa shape index (κ1) is 13.0. The number of nitrogen functional groups attached to an aromatic ring is 1. The Morgan fingerprint density at radius 1 is 0.900 bits per heavy atom. The van der Waals surface area contributed by atoms with Crippen LogP contribution in [0, 0.1) is 0 Å². The Labute approximate surface area is 124 Å². The van der Waals surface area contributed by atoms with E-state index >= 15 is 0 Å². The molecule has 1 aliphatic rings. The van der Waals surface area contributed by atoms with Crippen LogP contribution in [0.5, 0.6) is 0 Å². The lowest BCUT2D eigenvalue weighted by Gasteiger charge is -2.15. The molecule has 6 heteroatoms. The molecule has 2 amide bonds. The second-order valence-corrected chi connectivity index (χ2v) is 5.19. The topological polar surface area (TPSA) is 63.4 Å². The van der Waals surface area contributed by atoms with E-state index in [4.69, 9.17) is 28.9 Å². The van der Waals surface area contributed by atoms with Gasteiger partial charge in [0.2, 0.25) is 0 Å². The van der Waals surface area contributed by atoms with Crippen molar-refractivity contribution < 1.29 is 9.59 Å². The Bertz CT molecular complexity index is 759. The molecule has 100 valence electrons. The standard InChI is InChI=1S/C14H8Cl2N2O2/c15-7-1-4-12(11(16)5-7)18-13(19)9-3-2-8(17)6-10(9)14(18)20/h1-6H,17H2. The summed E-state index contributed by atoms with van der Waals surface area (Å²) in [5.74, 6) is -0.865. The van der Waals surface area contributed by atoms with Crippen LogP contribution in [0.3, 0.4) is 0 Å². The smallest absolute Gasteiger partial charge is 0.266 e. The number of halogens is 2. The second kappa shape index (κ2) is 4.51. The number of anilines is 2. The van der Waals surface area contributed by atoms with Gasteiger partial charge in [-0.25, -0.2) is 4.90 Å².